The number of aromatic nitrogens is 3. The highest BCUT2D eigenvalue weighted by molar-refractivity contribution is 6.34. The number of alkyl halides is 1. The first-order valence-electron chi connectivity index (χ1n) is 6.56. The first-order valence-corrected chi connectivity index (χ1v) is 6.93. The van der Waals surface area contributed by atoms with Crippen LogP contribution in [0.3, 0.4) is 0 Å². The minimum Gasteiger partial charge on any atom is -0.394 e. The van der Waals surface area contributed by atoms with Crippen molar-refractivity contribution < 1.29 is 14.2 Å². The highest BCUT2D eigenvalue weighted by atomic mass is 35.5. The highest BCUT2D eigenvalue weighted by Gasteiger charge is 2.52. The zero-order chi connectivity index (χ0) is 15.4. The van der Waals surface area contributed by atoms with Gasteiger partial charge in [0.05, 0.1) is 17.3 Å². The number of ether oxygens (including phenoxy) is 1. The van der Waals surface area contributed by atoms with Gasteiger partial charge in [0.15, 0.2) is 5.82 Å². The molecule has 0 bridgehead atoms. The van der Waals surface area contributed by atoms with Crippen molar-refractivity contribution in [1.29, 1.82) is 0 Å². The minimum atomic E-state index is -1.30. The van der Waals surface area contributed by atoms with E-state index in [-0.39, 0.29) is 12.4 Å². The molecule has 0 spiro atoms. The predicted molar refractivity (Wildman–Crippen MR) is 75.8 cm³/mol. The third kappa shape index (κ3) is 1.99. The summed E-state index contributed by atoms with van der Waals surface area (Å²) in [4.78, 5) is 3.90. The molecule has 8 heteroatoms. The Kier molecular flexibility index (Phi) is 3.31. The molecule has 0 saturated carbocycles. The molecule has 0 amide bonds. The van der Waals surface area contributed by atoms with Crippen molar-refractivity contribution in [2.45, 2.75) is 32.2 Å². The second-order valence-electron chi connectivity index (χ2n) is 5.78. The molecule has 3 atom stereocenters. The van der Waals surface area contributed by atoms with Gasteiger partial charge in [0.25, 0.3) is 0 Å². The van der Waals surface area contributed by atoms with E-state index >= 15 is 0 Å². The first kappa shape index (κ1) is 14.5. The molecule has 0 radical (unpaired) electrons. The number of hydrogen-bond acceptors (Lipinski definition) is 5. The van der Waals surface area contributed by atoms with Gasteiger partial charge in [0, 0.05) is 5.41 Å². The van der Waals surface area contributed by atoms with Crippen LogP contribution >= 0.6 is 11.6 Å². The quantitative estimate of drug-likeness (QED) is 0.882. The molecule has 0 aliphatic carbocycles. The fraction of sp³-hybridized carbons (Fsp3) is 0.538. The Hall–Kier alpha value is -1.44. The number of aliphatic hydroxyl groups excluding tert-OH is 1. The van der Waals surface area contributed by atoms with Crippen LogP contribution in [-0.2, 0) is 4.74 Å². The number of halogens is 2. The number of nitrogens with zero attached hydrogens (tertiary/aromatic N) is 3. The van der Waals surface area contributed by atoms with Crippen LogP contribution < -0.4 is 5.73 Å². The molecule has 1 fully saturated rings. The Labute approximate surface area is 125 Å². The van der Waals surface area contributed by atoms with Crippen LogP contribution in [0.1, 0.15) is 25.6 Å². The molecule has 3 N–H and O–H groups in total. The summed E-state index contributed by atoms with van der Waals surface area (Å²) in [5, 5.41) is 13.8. The van der Waals surface area contributed by atoms with E-state index in [0.717, 1.165) is 0 Å². The Morgan fingerprint density at radius 3 is 2.90 bits per heavy atom. The third-order valence-corrected chi connectivity index (χ3v) is 4.32. The topological polar surface area (TPSA) is 85.7 Å². The second-order valence-corrected chi connectivity index (χ2v) is 6.19. The van der Waals surface area contributed by atoms with Crippen molar-refractivity contribution in [3.05, 3.63) is 23.1 Å². The normalized spacial score (nSPS) is 28.3. The smallest absolute Gasteiger partial charge is 0.152 e. The van der Waals surface area contributed by atoms with Crippen LogP contribution in [0.5, 0.6) is 0 Å². The second kappa shape index (κ2) is 4.79. The van der Waals surface area contributed by atoms with Crippen LogP contribution in [0.4, 0.5) is 10.2 Å². The zero-order valence-electron chi connectivity index (χ0n) is 11.6. The lowest BCUT2D eigenvalue weighted by atomic mass is 9.81. The molecular formula is C13H16ClFN4O2. The van der Waals surface area contributed by atoms with Gasteiger partial charge in [-0.15, -0.1) is 0 Å². The Bertz CT molecular complexity index is 690. The van der Waals surface area contributed by atoms with Gasteiger partial charge < -0.3 is 15.6 Å². The van der Waals surface area contributed by atoms with Gasteiger partial charge in [-0.25, -0.2) is 13.9 Å². The van der Waals surface area contributed by atoms with Crippen LogP contribution in [0.15, 0.2) is 12.4 Å². The van der Waals surface area contributed by atoms with Crippen molar-refractivity contribution in [2.75, 3.05) is 12.3 Å². The largest absolute Gasteiger partial charge is 0.394 e. The van der Waals surface area contributed by atoms with E-state index in [1.807, 2.05) is 0 Å². The van der Waals surface area contributed by atoms with Crippen LogP contribution in [0, 0.1) is 5.41 Å². The van der Waals surface area contributed by atoms with Crippen molar-refractivity contribution in [1.82, 2.24) is 14.6 Å². The van der Waals surface area contributed by atoms with Gasteiger partial charge in [-0.3, -0.25) is 0 Å². The molecule has 6 nitrogen and oxygen atoms in total. The van der Waals surface area contributed by atoms with Crippen LogP contribution in [0.25, 0.3) is 5.52 Å². The standard InChI is InChI=1S/C13H16ClFN4O2/c1-13(2)10(15)8(4-20)21-11(13)7-3-6(14)9-12(16)17-5-18-19(7)9/h3,5,8,10-11,20H,4H2,1-2H3,(H2,16,17,18)/t8-,10-,11+/m1/s1. The van der Waals surface area contributed by atoms with Gasteiger partial charge in [0.1, 0.15) is 30.2 Å². The van der Waals surface area contributed by atoms with E-state index in [2.05, 4.69) is 10.1 Å². The Balaban J connectivity index is 2.15. The number of hydrogen-bond donors (Lipinski definition) is 2. The summed E-state index contributed by atoms with van der Waals surface area (Å²) in [5.41, 5.74) is 6.04. The summed E-state index contributed by atoms with van der Waals surface area (Å²) in [6, 6.07) is 1.65. The molecule has 1 saturated heterocycles. The molecular weight excluding hydrogens is 299 g/mol. The average molecular weight is 315 g/mol. The van der Waals surface area contributed by atoms with Crippen molar-refractivity contribution in [3.8, 4) is 0 Å². The molecule has 1 aliphatic rings. The number of rotatable bonds is 2. The van der Waals surface area contributed by atoms with Gasteiger partial charge in [-0.1, -0.05) is 25.4 Å². The zero-order valence-corrected chi connectivity index (χ0v) is 12.4. The summed E-state index contributed by atoms with van der Waals surface area (Å²) >= 11 is 6.18. The number of nitrogen functional groups attached to an aromatic ring is 1. The van der Waals surface area contributed by atoms with E-state index in [0.29, 0.717) is 16.2 Å². The molecule has 2 aromatic rings. The lowest BCUT2D eigenvalue weighted by molar-refractivity contribution is -0.0142. The van der Waals surface area contributed by atoms with Crippen LogP contribution in [-0.4, -0.2) is 38.6 Å². The van der Waals surface area contributed by atoms with Gasteiger partial charge >= 0.3 is 0 Å². The fourth-order valence-corrected chi connectivity index (χ4v) is 3.15. The van der Waals surface area contributed by atoms with Crippen molar-refractivity contribution in [3.63, 3.8) is 0 Å². The predicted octanol–water partition coefficient (Wildman–Crippen LogP) is 1.76. The summed E-state index contributed by atoms with van der Waals surface area (Å²) in [5.74, 6) is 0.243. The number of nitrogens with two attached hydrogens (primary N) is 1. The Morgan fingerprint density at radius 1 is 1.57 bits per heavy atom. The molecule has 2 aromatic heterocycles. The summed E-state index contributed by atoms with van der Waals surface area (Å²) in [7, 11) is 0. The molecule has 3 heterocycles. The fourth-order valence-electron chi connectivity index (χ4n) is 2.86. The molecule has 0 aromatic carbocycles. The molecule has 114 valence electrons. The number of fused-ring (bicyclic) bond motifs is 1. The monoisotopic (exact) mass is 314 g/mol. The maximum Gasteiger partial charge on any atom is 0.152 e. The maximum absolute atomic E-state index is 14.4. The van der Waals surface area contributed by atoms with Gasteiger partial charge in [0.2, 0.25) is 0 Å². The number of aliphatic hydroxyl groups is 1. The number of anilines is 1. The van der Waals surface area contributed by atoms with Crippen molar-refractivity contribution >= 4 is 22.9 Å². The van der Waals surface area contributed by atoms with E-state index in [4.69, 9.17) is 22.1 Å². The SMILES string of the molecule is CC1(C)[C@H](F)[C@@H](CO)O[C@H]1c1cc(Cl)c2c(N)ncnn12. The summed E-state index contributed by atoms with van der Waals surface area (Å²) < 4.78 is 21.6. The molecule has 3 rings (SSSR count). The highest BCUT2D eigenvalue weighted by Crippen LogP contribution is 2.50. The lowest BCUT2D eigenvalue weighted by Gasteiger charge is -2.26. The minimum absolute atomic E-state index is 0.243. The summed E-state index contributed by atoms with van der Waals surface area (Å²) in [6.07, 6.45) is -1.45. The van der Waals surface area contributed by atoms with E-state index in [1.165, 1.54) is 10.8 Å². The molecule has 0 unspecified atom stereocenters. The third-order valence-electron chi connectivity index (χ3n) is 4.04. The van der Waals surface area contributed by atoms with Gasteiger partial charge in [-0.05, 0) is 6.07 Å². The average Bonchev–Trinajstić information content (AvgIpc) is 2.87. The molecule has 1 aliphatic heterocycles. The lowest BCUT2D eigenvalue weighted by Crippen LogP contribution is -2.31. The van der Waals surface area contributed by atoms with Crippen LogP contribution in [0.2, 0.25) is 5.02 Å². The van der Waals surface area contributed by atoms with E-state index < -0.39 is 23.8 Å². The van der Waals surface area contributed by atoms with E-state index in [1.54, 1.807) is 19.9 Å². The van der Waals surface area contributed by atoms with Gasteiger partial charge in [-0.2, -0.15) is 5.10 Å². The van der Waals surface area contributed by atoms with Crippen molar-refractivity contribution in [2.24, 2.45) is 5.41 Å². The first-order chi connectivity index (χ1) is 9.87. The Morgan fingerprint density at radius 2 is 2.29 bits per heavy atom. The van der Waals surface area contributed by atoms with E-state index in [9.17, 15) is 9.50 Å². The molecule has 21 heavy (non-hydrogen) atoms. The summed E-state index contributed by atoms with van der Waals surface area (Å²) in [6.45, 7) is 3.11. The maximum atomic E-state index is 14.4.